The predicted octanol–water partition coefficient (Wildman–Crippen LogP) is 0.908. The highest BCUT2D eigenvalue weighted by molar-refractivity contribution is 7.89. The van der Waals surface area contributed by atoms with Gasteiger partial charge < -0.3 is 13.9 Å². The summed E-state index contributed by atoms with van der Waals surface area (Å²) in [5.41, 5.74) is 0. The van der Waals surface area contributed by atoms with Crippen LogP contribution in [-0.2, 0) is 28.9 Å². The third-order valence-electron chi connectivity index (χ3n) is 4.46. The number of aryl methyl sites for hydroxylation is 3. The van der Waals surface area contributed by atoms with Crippen molar-refractivity contribution in [3.63, 3.8) is 0 Å². The quantitative estimate of drug-likeness (QED) is 0.863. The monoisotopic (exact) mass is 353 g/mol. The van der Waals surface area contributed by atoms with Crippen molar-refractivity contribution < 1.29 is 13.2 Å². The second kappa shape index (κ2) is 6.66. The van der Waals surface area contributed by atoms with E-state index in [-0.39, 0.29) is 17.0 Å². The zero-order chi connectivity index (χ0) is 17.3. The molecule has 8 nitrogen and oxygen atoms in total. The Morgan fingerprint density at radius 2 is 2.17 bits per heavy atom. The Morgan fingerprint density at radius 3 is 2.79 bits per heavy atom. The van der Waals surface area contributed by atoms with Gasteiger partial charge in [-0.1, -0.05) is 0 Å². The van der Waals surface area contributed by atoms with Gasteiger partial charge in [0, 0.05) is 51.8 Å². The summed E-state index contributed by atoms with van der Waals surface area (Å²) in [4.78, 5) is 8.45. The molecule has 3 heterocycles. The van der Waals surface area contributed by atoms with Gasteiger partial charge in [-0.05, 0) is 19.8 Å². The van der Waals surface area contributed by atoms with Crippen LogP contribution in [0.4, 0.5) is 0 Å². The molecule has 1 aliphatic rings. The lowest BCUT2D eigenvalue weighted by atomic mass is 9.94. The first-order chi connectivity index (χ1) is 11.4. The molecule has 2 aromatic rings. The standard InChI is InChI=1S/C15H23N5O3S/c1-11-18-13(10-20(11)3)24(21,22)17-9-12-5-4-8-23-14(12)15-16-6-7-19(15)2/h6-7,10,12,14,17H,4-5,8-9H2,1-3H3/t12-,14+/m0/s1. The van der Waals surface area contributed by atoms with Crippen molar-refractivity contribution >= 4 is 10.0 Å². The van der Waals surface area contributed by atoms with Crippen molar-refractivity contribution in [2.45, 2.75) is 30.9 Å². The number of nitrogens with one attached hydrogen (secondary N) is 1. The molecule has 2 aromatic heterocycles. The van der Waals surface area contributed by atoms with Gasteiger partial charge in [0.15, 0.2) is 5.03 Å². The number of ether oxygens (including phenoxy) is 1. The van der Waals surface area contributed by atoms with Crippen LogP contribution in [0.15, 0.2) is 23.6 Å². The lowest BCUT2D eigenvalue weighted by Gasteiger charge is -2.31. The summed E-state index contributed by atoms with van der Waals surface area (Å²) in [6.45, 7) is 2.74. The molecule has 1 N–H and O–H groups in total. The van der Waals surface area contributed by atoms with Crippen molar-refractivity contribution in [3.05, 3.63) is 30.2 Å². The van der Waals surface area contributed by atoms with E-state index < -0.39 is 10.0 Å². The highest BCUT2D eigenvalue weighted by atomic mass is 32.2. The lowest BCUT2D eigenvalue weighted by molar-refractivity contribution is -0.0328. The normalized spacial score (nSPS) is 22.0. The van der Waals surface area contributed by atoms with Gasteiger partial charge in [-0.25, -0.2) is 23.1 Å². The van der Waals surface area contributed by atoms with Crippen molar-refractivity contribution in [3.8, 4) is 0 Å². The molecule has 3 rings (SSSR count). The van der Waals surface area contributed by atoms with Crippen molar-refractivity contribution in [1.29, 1.82) is 0 Å². The van der Waals surface area contributed by atoms with Crippen LogP contribution < -0.4 is 4.72 Å². The lowest BCUT2D eigenvalue weighted by Crippen LogP contribution is -2.36. The summed E-state index contributed by atoms with van der Waals surface area (Å²) in [5.74, 6) is 1.52. The van der Waals surface area contributed by atoms with E-state index in [0.717, 1.165) is 18.7 Å². The van der Waals surface area contributed by atoms with Crippen molar-refractivity contribution in [2.75, 3.05) is 13.2 Å². The first-order valence-electron chi connectivity index (χ1n) is 7.97. The maximum Gasteiger partial charge on any atom is 0.259 e. The molecular weight excluding hydrogens is 330 g/mol. The van der Waals surface area contributed by atoms with Crippen LogP contribution in [0.5, 0.6) is 0 Å². The van der Waals surface area contributed by atoms with Gasteiger partial charge in [-0.2, -0.15) is 0 Å². The first-order valence-corrected chi connectivity index (χ1v) is 9.45. The van der Waals surface area contributed by atoms with Gasteiger partial charge >= 0.3 is 0 Å². The van der Waals surface area contributed by atoms with Gasteiger partial charge in [0.05, 0.1) is 0 Å². The number of sulfonamides is 1. The fraction of sp³-hybridized carbons (Fsp3) is 0.600. The maximum atomic E-state index is 12.5. The number of hydrogen-bond donors (Lipinski definition) is 1. The third kappa shape index (κ3) is 3.38. The maximum absolute atomic E-state index is 12.5. The number of imidazole rings is 2. The van der Waals surface area contributed by atoms with E-state index in [1.807, 2.05) is 17.8 Å². The van der Waals surface area contributed by atoms with E-state index in [0.29, 0.717) is 19.0 Å². The molecule has 0 aliphatic carbocycles. The summed E-state index contributed by atoms with van der Waals surface area (Å²) >= 11 is 0. The molecule has 0 bridgehead atoms. The Balaban J connectivity index is 1.73. The highest BCUT2D eigenvalue weighted by Crippen LogP contribution is 2.32. The number of hydrogen-bond acceptors (Lipinski definition) is 5. The number of rotatable bonds is 5. The van der Waals surface area contributed by atoms with Gasteiger partial charge in [-0.3, -0.25) is 0 Å². The van der Waals surface area contributed by atoms with E-state index in [4.69, 9.17) is 4.74 Å². The van der Waals surface area contributed by atoms with Crippen LogP contribution in [0.3, 0.4) is 0 Å². The molecule has 0 spiro atoms. The second-order valence-corrected chi connectivity index (χ2v) is 7.89. The van der Waals surface area contributed by atoms with Crippen LogP contribution in [0.1, 0.15) is 30.6 Å². The molecule has 0 radical (unpaired) electrons. The second-order valence-electron chi connectivity index (χ2n) is 6.18. The Hall–Kier alpha value is -1.71. The Bertz CT molecular complexity index is 791. The minimum atomic E-state index is -3.63. The van der Waals surface area contributed by atoms with Gasteiger partial charge in [0.1, 0.15) is 17.8 Å². The molecule has 24 heavy (non-hydrogen) atoms. The molecule has 1 saturated heterocycles. The number of aromatic nitrogens is 4. The molecule has 132 valence electrons. The summed E-state index contributed by atoms with van der Waals surface area (Å²) < 4.78 is 37.1. The largest absolute Gasteiger partial charge is 0.370 e. The third-order valence-corrected chi connectivity index (χ3v) is 5.75. The average molecular weight is 353 g/mol. The molecule has 0 unspecified atom stereocenters. The molecular formula is C15H23N5O3S. The Labute approximate surface area is 141 Å². The summed E-state index contributed by atoms with van der Waals surface area (Å²) in [6.07, 6.45) is 6.71. The summed E-state index contributed by atoms with van der Waals surface area (Å²) in [6, 6.07) is 0. The SMILES string of the molecule is Cc1nc(S(=O)(=O)NC[C@@H]2CCCO[C@H]2c2nccn2C)cn1C. The van der Waals surface area contributed by atoms with Crippen molar-refractivity contribution in [1.82, 2.24) is 23.8 Å². The van der Waals surface area contributed by atoms with Crippen LogP contribution >= 0.6 is 0 Å². The van der Waals surface area contributed by atoms with E-state index in [1.165, 1.54) is 6.20 Å². The van der Waals surface area contributed by atoms with Crippen LogP contribution in [0, 0.1) is 12.8 Å². The van der Waals surface area contributed by atoms with E-state index in [2.05, 4.69) is 14.7 Å². The topological polar surface area (TPSA) is 91.0 Å². The molecule has 2 atom stereocenters. The smallest absolute Gasteiger partial charge is 0.259 e. The zero-order valence-corrected chi connectivity index (χ0v) is 15.0. The van der Waals surface area contributed by atoms with Gasteiger partial charge in [-0.15, -0.1) is 0 Å². The van der Waals surface area contributed by atoms with E-state index >= 15 is 0 Å². The molecule has 1 fully saturated rings. The number of nitrogens with zero attached hydrogens (tertiary/aromatic N) is 4. The van der Waals surface area contributed by atoms with E-state index in [1.54, 1.807) is 24.7 Å². The average Bonchev–Trinajstić information content (AvgIpc) is 3.12. The minimum absolute atomic E-state index is 0.0411. The summed E-state index contributed by atoms with van der Waals surface area (Å²) in [7, 11) is 0.0577. The molecule has 0 amide bonds. The molecule has 1 aliphatic heterocycles. The van der Waals surface area contributed by atoms with Crippen molar-refractivity contribution in [2.24, 2.45) is 20.0 Å². The Kier molecular flexibility index (Phi) is 4.75. The molecule has 0 saturated carbocycles. The van der Waals surface area contributed by atoms with Crippen LogP contribution in [0.2, 0.25) is 0 Å². The van der Waals surface area contributed by atoms with Gasteiger partial charge in [0.25, 0.3) is 10.0 Å². The van der Waals surface area contributed by atoms with Gasteiger partial charge in [0.2, 0.25) is 0 Å². The summed E-state index contributed by atoms with van der Waals surface area (Å²) in [5, 5.41) is 0.0489. The fourth-order valence-electron chi connectivity index (χ4n) is 2.94. The zero-order valence-electron chi connectivity index (χ0n) is 14.1. The van der Waals surface area contributed by atoms with E-state index in [9.17, 15) is 8.42 Å². The first kappa shape index (κ1) is 17.1. The highest BCUT2D eigenvalue weighted by Gasteiger charge is 2.31. The Morgan fingerprint density at radius 1 is 1.38 bits per heavy atom. The minimum Gasteiger partial charge on any atom is -0.370 e. The predicted molar refractivity (Wildman–Crippen MR) is 87.8 cm³/mol. The van der Waals surface area contributed by atoms with Crippen LogP contribution in [-0.4, -0.2) is 40.7 Å². The molecule has 0 aromatic carbocycles. The fourth-order valence-corrected chi connectivity index (χ4v) is 4.07. The van der Waals surface area contributed by atoms with Crippen LogP contribution in [0.25, 0.3) is 0 Å². The molecule has 9 heteroatoms.